The van der Waals surface area contributed by atoms with Gasteiger partial charge in [-0.15, -0.1) is 0 Å². The van der Waals surface area contributed by atoms with Crippen LogP contribution in [0.3, 0.4) is 0 Å². The van der Waals surface area contributed by atoms with Crippen LogP contribution in [0, 0.1) is 5.41 Å². The predicted octanol–water partition coefficient (Wildman–Crippen LogP) is 0.179. The van der Waals surface area contributed by atoms with Crippen molar-refractivity contribution in [3.05, 3.63) is 0 Å². The molecule has 14 heavy (non-hydrogen) atoms. The lowest BCUT2D eigenvalue weighted by Crippen LogP contribution is -2.52. The van der Waals surface area contributed by atoms with Gasteiger partial charge in [-0.2, -0.15) is 0 Å². The number of hydrogen-bond donors (Lipinski definition) is 2. The number of alkyl halides is 1. The van der Waals surface area contributed by atoms with Crippen LogP contribution in [0.4, 0.5) is 4.39 Å². The molecule has 5 heteroatoms. The van der Waals surface area contributed by atoms with Crippen LogP contribution in [-0.2, 0) is 9.53 Å². The molecule has 2 aliphatic rings. The monoisotopic (exact) mass is 203 g/mol. The molecule has 0 radical (unpaired) electrons. The summed E-state index contributed by atoms with van der Waals surface area (Å²) in [4.78, 5) is 10.9. The van der Waals surface area contributed by atoms with Gasteiger partial charge in [0.15, 0.2) is 0 Å². The summed E-state index contributed by atoms with van der Waals surface area (Å²) in [5.74, 6) is -1.34. The SMILES string of the molecule is O=C(O)C1(F)CNCC12CCOCC2. The molecule has 0 aromatic rings. The van der Waals surface area contributed by atoms with E-state index in [2.05, 4.69) is 5.32 Å². The minimum atomic E-state index is -2.11. The minimum absolute atomic E-state index is 0.0810. The lowest BCUT2D eigenvalue weighted by atomic mass is 9.70. The molecule has 2 aliphatic heterocycles. The van der Waals surface area contributed by atoms with Crippen LogP contribution in [-0.4, -0.2) is 43.0 Å². The van der Waals surface area contributed by atoms with Gasteiger partial charge in [0.25, 0.3) is 0 Å². The van der Waals surface area contributed by atoms with E-state index in [-0.39, 0.29) is 6.54 Å². The smallest absolute Gasteiger partial charge is 0.343 e. The molecule has 0 aromatic heterocycles. The van der Waals surface area contributed by atoms with Crippen molar-refractivity contribution in [3.8, 4) is 0 Å². The molecule has 0 amide bonds. The molecule has 2 saturated heterocycles. The number of carbonyl (C=O) groups is 1. The van der Waals surface area contributed by atoms with E-state index in [0.717, 1.165) is 0 Å². The standard InChI is InChI=1S/C9H14FNO3/c10-9(7(12)13)6-11-5-8(9)1-3-14-4-2-8/h11H,1-6H2,(H,12,13). The first-order chi connectivity index (χ1) is 6.61. The molecule has 2 rings (SSSR count). The van der Waals surface area contributed by atoms with Crippen molar-refractivity contribution in [1.82, 2.24) is 5.32 Å². The van der Waals surface area contributed by atoms with Crippen molar-refractivity contribution in [2.75, 3.05) is 26.3 Å². The van der Waals surface area contributed by atoms with Gasteiger partial charge in [-0.05, 0) is 12.8 Å². The van der Waals surface area contributed by atoms with Crippen molar-refractivity contribution in [2.45, 2.75) is 18.5 Å². The fourth-order valence-electron chi connectivity index (χ4n) is 2.44. The Morgan fingerprint density at radius 2 is 2.00 bits per heavy atom. The maximum Gasteiger partial charge on any atom is 0.343 e. The summed E-state index contributed by atoms with van der Waals surface area (Å²) in [6, 6.07) is 0. The molecule has 2 heterocycles. The number of hydrogen-bond acceptors (Lipinski definition) is 3. The van der Waals surface area contributed by atoms with Crippen molar-refractivity contribution in [3.63, 3.8) is 0 Å². The Hall–Kier alpha value is -0.680. The first kappa shape index (κ1) is 9.86. The summed E-state index contributed by atoms with van der Waals surface area (Å²) in [5.41, 5.74) is -2.87. The molecule has 0 aliphatic carbocycles. The summed E-state index contributed by atoms with van der Waals surface area (Å²) in [5, 5.41) is 11.8. The Bertz CT molecular complexity index is 252. The van der Waals surface area contributed by atoms with E-state index >= 15 is 0 Å². The number of carboxylic acids is 1. The van der Waals surface area contributed by atoms with E-state index in [1.807, 2.05) is 0 Å². The molecular weight excluding hydrogens is 189 g/mol. The van der Waals surface area contributed by atoms with Crippen LogP contribution in [0.25, 0.3) is 0 Å². The summed E-state index contributed by atoms with van der Waals surface area (Å²) < 4.78 is 19.4. The first-order valence-corrected chi connectivity index (χ1v) is 4.82. The van der Waals surface area contributed by atoms with E-state index < -0.39 is 17.1 Å². The van der Waals surface area contributed by atoms with E-state index in [0.29, 0.717) is 32.6 Å². The minimum Gasteiger partial charge on any atom is -0.479 e. The summed E-state index contributed by atoms with van der Waals surface area (Å²) in [7, 11) is 0. The molecule has 1 atom stereocenters. The van der Waals surface area contributed by atoms with Crippen LogP contribution >= 0.6 is 0 Å². The van der Waals surface area contributed by atoms with Gasteiger partial charge in [0, 0.05) is 31.7 Å². The third-order valence-electron chi connectivity index (χ3n) is 3.46. The van der Waals surface area contributed by atoms with Crippen LogP contribution in [0.2, 0.25) is 0 Å². The van der Waals surface area contributed by atoms with Gasteiger partial charge in [0.05, 0.1) is 0 Å². The van der Waals surface area contributed by atoms with E-state index in [1.54, 1.807) is 0 Å². The molecule has 0 bridgehead atoms. The zero-order valence-corrected chi connectivity index (χ0v) is 7.88. The summed E-state index contributed by atoms with van der Waals surface area (Å²) in [6.45, 7) is 1.28. The van der Waals surface area contributed by atoms with Crippen molar-refractivity contribution < 1.29 is 19.0 Å². The van der Waals surface area contributed by atoms with Crippen LogP contribution in [0.5, 0.6) is 0 Å². The number of aliphatic carboxylic acids is 1. The van der Waals surface area contributed by atoms with Crippen LogP contribution < -0.4 is 5.32 Å². The normalized spacial score (nSPS) is 36.1. The van der Waals surface area contributed by atoms with Crippen LogP contribution in [0.15, 0.2) is 0 Å². The van der Waals surface area contributed by atoms with Crippen LogP contribution in [0.1, 0.15) is 12.8 Å². The quantitative estimate of drug-likeness (QED) is 0.638. The average Bonchev–Trinajstić information content (AvgIpc) is 2.47. The first-order valence-electron chi connectivity index (χ1n) is 4.82. The Morgan fingerprint density at radius 3 is 2.57 bits per heavy atom. The predicted molar refractivity (Wildman–Crippen MR) is 46.8 cm³/mol. The molecule has 2 fully saturated rings. The van der Waals surface area contributed by atoms with E-state index in [1.165, 1.54) is 0 Å². The van der Waals surface area contributed by atoms with Crippen molar-refractivity contribution in [2.24, 2.45) is 5.41 Å². The van der Waals surface area contributed by atoms with Gasteiger partial charge in [0.2, 0.25) is 5.67 Å². The lowest BCUT2D eigenvalue weighted by molar-refractivity contribution is -0.162. The average molecular weight is 203 g/mol. The second-order valence-electron chi connectivity index (χ2n) is 4.10. The Morgan fingerprint density at radius 1 is 1.36 bits per heavy atom. The van der Waals surface area contributed by atoms with Gasteiger partial charge < -0.3 is 15.2 Å². The molecule has 2 N–H and O–H groups in total. The second kappa shape index (κ2) is 3.17. The number of halogens is 1. The fraction of sp³-hybridized carbons (Fsp3) is 0.889. The van der Waals surface area contributed by atoms with Gasteiger partial charge in [0.1, 0.15) is 0 Å². The number of ether oxygens (including phenoxy) is 1. The zero-order valence-electron chi connectivity index (χ0n) is 7.88. The Balaban J connectivity index is 2.27. The largest absolute Gasteiger partial charge is 0.479 e. The maximum absolute atomic E-state index is 14.3. The summed E-state index contributed by atoms with van der Waals surface area (Å²) in [6.07, 6.45) is 0.978. The number of carboxylic acid groups (broad SMARTS) is 1. The highest BCUT2D eigenvalue weighted by molar-refractivity contribution is 5.79. The highest BCUT2D eigenvalue weighted by atomic mass is 19.1. The molecule has 1 spiro atoms. The number of nitrogens with one attached hydrogen (secondary N) is 1. The Kier molecular flexibility index (Phi) is 2.23. The van der Waals surface area contributed by atoms with Gasteiger partial charge in [-0.3, -0.25) is 0 Å². The highest BCUT2D eigenvalue weighted by Crippen LogP contribution is 2.46. The molecular formula is C9H14FNO3. The molecule has 0 saturated carbocycles. The third kappa shape index (κ3) is 1.15. The maximum atomic E-state index is 14.3. The topological polar surface area (TPSA) is 58.6 Å². The molecule has 4 nitrogen and oxygen atoms in total. The fourth-order valence-corrected chi connectivity index (χ4v) is 2.44. The van der Waals surface area contributed by atoms with Gasteiger partial charge in [-0.1, -0.05) is 0 Å². The van der Waals surface area contributed by atoms with E-state index in [4.69, 9.17) is 9.84 Å². The molecule has 1 unspecified atom stereocenters. The van der Waals surface area contributed by atoms with Gasteiger partial charge in [-0.25, -0.2) is 9.18 Å². The lowest BCUT2D eigenvalue weighted by Gasteiger charge is -2.39. The Labute approximate surface area is 81.4 Å². The second-order valence-corrected chi connectivity index (χ2v) is 4.10. The zero-order chi connectivity index (χ0) is 10.2. The highest BCUT2D eigenvalue weighted by Gasteiger charge is 2.61. The van der Waals surface area contributed by atoms with Crippen molar-refractivity contribution in [1.29, 1.82) is 0 Å². The van der Waals surface area contributed by atoms with Crippen molar-refractivity contribution >= 4 is 5.97 Å². The van der Waals surface area contributed by atoms with E-state index in [9.17, 15) is 9.18 Å². The molecule has 80 valence electrons. The summed E-state index contributed by atoms with van der Waals surface area (Å²) >= 11 is 0. The number of rotatable bonds is 1. The molecule has 0 aromatic carbocycles. The third-order valence-corrected chi connectivity index (χ3v) is 3.46. The van der Waals surface area contributed by atoms with Gasteiger partial charge >= 0.3 is 5.97 Å².